The SMILES string of the molecule is CCCCCCCCC(N)c1cccc(Cl)c1. The molecule has 1 aromatic carbocycles. The third-order valence-electron chi connectivity index (χ3n) is 3.15. The van der Waals surface area contributed by atoms with Crippen LogP contribution >= 0.6 is 11.6 Å². The van der Waals surface area contributed by atoms with E-state index in [9.17, 15) is 0 Å². The highest BCUT2D eigenvalue weighted by Crippen LogP contribution is 2.20. The summed E-state index contributed by atoms with van der Waals surface area (Å²) in [6, 6.07) is 8.04. The van der Waals surface area contributed by atoms with Crippen molar-refractivity contribution in [2.75, 3.05) is 0 Å². The van der Waals surface area contributed by atoms with Gasteiger partial charge in [-0.25, -0.2) is 0 Å². The van der Waals surface area contributed by atoms with E-state index in [1.807, 2.05) is 18.2 Å². The van der Waals surface area contributed by atoms with Crippen molar-refractivity contribution in [3.8, 4) is 0 Å². The Balaban J connectivity index is 2.19. The van der Waals surface area contributed by atoms with Gasteiger partial charge in [0.2, 0.25) is 0 Å². The van der Waals surface area contributed by atoms with Gasteiger partial charge in [0.15, 0.2) is 0 Å². The van der Waals surface area contributed by atoms with E-state index >= 15 is 0 Å². The van der Waals surface area contributed by atoms with Crippen LogP contribution in [-0.2, 0) is 0 Å². The molecule has 0 radical (unpaired) electrons. The number of hydrogen-bond acceptors (Lipinski definition) is 1. The normalized spacial score (nSPS) is 12.6. The third kappa shape index (κ3) is 6.09. The number of unbranched alkanes of at least 4 members (excludes halogenated alkanes) is 5. The molecule has 96 valence electrons. The quantitative estimate of drug-likeness (QED) is 0.642. The van der Waals surface area contributed by atoms with E-state index in [-0.39, 0.29) is 6.04 Å². The van der Waals surface area contributed by atoms with Crippen molar-refractivity contribution in [2.45, 2.75) is 57.9 Å². The van der Waals surface area contributed by atoms with E-state index in [2.05, 4.69) is 13.0 Å². The molecule has 0 bridgehead atoms. The van der Waals surface area contributed by atoms with Gasteiger partial charge in [-0.05, 0) is 24.1 Å². The smallest absolute Gasteiger partial charge is 0.0409 e. The summed E-state index contributed by atoms with van der Waals surface area (Å²) in [6.45, 7) is 2.25. The molecule has 1 rings (SSSR count). The van der Waals surface area contributed by atoms with Gasteiger partial charge >= 0.3 is 0 Å². The molecular weight excluding hydrogens is 230 g/mol. The van der Waals surface area contributed by atoms with Crippen molar-refractivity contribution < 1.29 is 0 Å². The molecule has 2 heteroatoms. The maximum atomic E-state index is 6.15. The van der Waals surface area contributed by atoms with E-state index in [0.717, 1.165) is 17.0 Å². The molecule has 1 unspecified atom stereocenters. The Hall–Kier alpha value is -0.530. The van der Waals surface area contributed by atoms with Gasteiger partial charge in [-0.1, -0.05) is 69.2 Å². The van der Waals surface area contributed by atoms with Gasteiger partial charge in [0, 0.05) is 11.1 Å². The van der Waals surface area contributed by atoms with Crippen molar-refractivity contribution >= 4 is 11.6 Å². The van der Waals surface area contributed by atoms with E-state index < -0.39 is 0 Å². The van der Waals surface area contributed by atoms with Gasteiger partial charge in [0.25, 0.3) is 0 Å². The lowest BCUT2D eigenvalue weighted by Gasteiger charge is -2.12. The average molecular weight is 254 g/mol. The predicted molar refractivity (Wildman–Crippen MR) is 76.4 cm³/mol. The van der Waals surface area contributed by atoms with Crippen molar-refractivity contribution in [2.24, 2.45) is 5.73 Å². The lowest BCUT2D eigenvalue weighted by molar-refractivity contribution is 0.547. The molecule has 0 aliphatic heterocycles. The highest BCUT2D eigenvalue weighted by atomic mass is 35.5. The molecule has 0 heterocycles. The molecule has 0 aromatic heterocycles. The van der Waals surface area contributed by atoms with Crippen LogP contribution in [0.2, 0.25) is 5.02 Å². The second-order valence-electron chi connectivity index (χ2n) is 4.72. The first-order chi connectivity index (χ1) is 8.24. The number of halogens is 1. The number of rotatable bonds is 8. The molecule has 1 nitrogen and oxygen atoms in total. The highest BCUT2D eigenvalue weighted by Gasteiger charge is 2.05. The Morgan fingerprint density at radius 3 is 2.53 bits per heavy atom. The largest absolute Gasteiger partial charge is 0.324 e. The van der Waals surface area contributed by atoms with Crippen molar-refractivity contribution in [1.82, 2.24) is 0 Å². The second-order valence-corrected chi connectivity index (χ2v) is 5.15. The van der Waals surface area contributed by atoms with Crippen molar-refractivity contribution in [3.05, 3.63) is 34.9 Å². The summed E-state index contributed by atoms with van der Waals surface area (Å²) in [5, 5.41) is 0.779. The lowest BCUT2D eigenvalue weighted by Crippen LogP contribution is -2.09. The fourth-order valence-electron chi connectivity index (χ4n) is 2.05. The molecule has 0 spiro atoms. The Morgan fingerprint density at radius 1 is 1.12 bits per heavy atom. The van der Waals surface area contributed by atoms with E-state index in [4.69, 9.17) is 17.3 Å². The standard InChI is InChI=1S/C15H24ClN/c1-2-3-4-5-6-7-11-15(17)13-9-8-10-14(16)12-13/h8-10,12,15H,2-7,11,17H2,1H3. The molecule has 1 atom stereocenters. The van der Waals surface area contributed by atoms with Gasteiger partial charge < -0.3 is 5.73 Å². The minimum absolute atomic E-state index is 0.139. The van der Waals surface area contributed by atoms with Crippen molar-refractivity contribution in [3.63, 3.8) is 0 Å². The van der Waals surface area contributed by atoms with Gasteiger partial charge in [0.1, 0.15) is 0 Å². The van der Waals surface area contributed by atoms with E-state index in [1.165, 1.54) is 38.5 Å². The minimum Gasteiger partial charge on any atom is -0.324 e. The van der Waals surface area contributed by atoms with Crippen LogP contribution in [0.3, 0.4) is 0 Å². The summed E-state index contributed by atoms with van der Waals surface area (Å²) in [5.74, 6) is 0. The molecule has 0 saturated carbocycles. The number of nitrogens with two attached hydrogens (primary N) is 1. The van der Waals surface area contributed by atoms with Crippen LogP contribution in [0.25, 0.3) is 0 Å². The van der Waals surface area contributed by atoms with Gasteiger partial charge in [-0.15, -0.1) is 0 Å². The van der Waals surface area contributed by atoms with Crippen LogP contribution < -0.4 is 5.73 Å². The highest BCUT2D eigenvalue weighted by molar-refractivity contribution is 6.30. The van der Waals surface area contributed by atoms with Crippen LogP contribution in [0.4, 0.5) is 0 Å². The molecule has 0 fully saturated rings. The first-order valence-corrected chi connectivity index (χ1v) is 7.13. The molecule has 0 saturated heterocycles. The van der Waals surface area contributed by atoms with Gasteiger partial charge in [0.05, 0.1) is 0 Å². The molecule has 1 aromatic rings. The summed E-state index contributed by atoms with van der Waals surface area (Å²) in [7, 11) is 0. The van der Waals surface area contributed by atoms with Crippen LogP contribution in [0.5, 0.6) is 0 Å². The Morgan fingerprint density at radius 2 is 1.82 bits per heavy atom. The number of hydrogen-bond donors (Lipinski definition) is 1. The summed E-state index contributed by atoms with van der Waals surface area (Å²) >= 11 is 5.95. The van der Waals surface area contributed by atoms with Crippen LogP contribution in [-0.4, -0.2) is 0 Å². The van der Waals surface area contributed by atoms with Crippen LogP contribution in [0.15, 0.2) is 24.3 Å². The molecule has 0 amide bonds. The summed E-state index contributed by atoms with van der Waals surface area (Å²) in [6.07, 6.45) is 8.96. The average Bonchev–Trinajstić information content (AvgIpc) is 2.33. The van der Waals surface area contributed by atoms with Crippen LogP contribution in [0.1, 0.15) is 63.5 Å². The zero-order valence-corrected chi connectivity index (χ0v) is 11.5. The van der Waals surface area contributed by atoms with E-state index in [1.54, 1.807) is 0 Å². The van der Waals surface area contributed by atoms with E-state index in [0.29, 0.717) is 0 Å². The monoisotopic (exact) mass is 253 g/mol. The van der Waals surface area contributed by atoms with Gasteiger partial charge in [-0.3, -0.25) is 0 Å². The Labute approximate surface area is 110 Å². The first kappa shape index (κ1) is 14.5. The van der Waals surface area contributed by atoms with Crippen LogP contribution in [0, 0.1) is 0 Å². The second kappa shape index (κ2) is 8.54. The molecule has 0 aliphatic rings. The molecule has 0 aliphatic carbocycles. The summed E-state index contributed by atoms with van der Waals surface area (Å²) in [4.78, 5) is 0. The minimum atomic E-state index is 0.139. The molecular formula is C15H24ClN. The maximum Gasteiger partial charge on any atom is 0.0409 e. The lowest BCUT2D eigenvalue weighted by atomic mass is 10.0. The third-order valence-corrected chi connectivity index (χ3v) is 3.38. The molecule has 17 heavy (non-hydrogen) atoms. The molecule has 2 N–H and O–H groups in total. The van der Waals surface area contributed by atoms with Gasteiger partial charge in [-0.2, -0.15) is 0 Å². The number of benzene rings is 1. The first-order valence-electron chi connectivity index (χ1n) is 6.75. The fraction of sp³-hybridized carbons (Fsp3) is 0.600. The zero-order chi connectivity index (χ0) is 12.5. The Kier molecular flexibility index (Phi) is 7.30. The maximum absolute atomic E-state index is 6.15. The summed E-state index contributed by atoms with van der Waals surface area (Å²) in [5.41, 5.74) is 7.30. The Bertz CT molecular complexity index is 312. The summed E-state index contributed by atoms with van der Waals surface area (Å²) < 4.78 is 0. The predicted octanol–water partition coefficient (Wildman–Crippen LogP) is 5.09. The zero-order valence-electron chi connectivity index (χ0n) is 10.8. The topological polar surface area (TPSA) is 26.0 Å². The van der Waals surface area contributed by atoms with Crippen molar-refractivity contribution in [1.29, 1.82) is 0 Å². The fourth-order valence-corrected chi connectivity index (χ4v) is 2.25.